The van der Waals surface area contributed by atoms with Gasteiger partial charge in [0, 0.05) is 19.1 Å². The van der Waals surface area contributed by atoms with E-state index in [2.05, 4.69) is 11.0 Å². The normalized spacial score (nSPS) is 29.8. The first-order valence-electron chi connectivity index (χ1n) is 4.84. The Labute approximate surface area is 84.1 Å². The molecule has 4 nitrogen and oxygen atoms in total. The van der Waals surface area contributed by atoms with Crippen molar-refractivity contribution < 1.29 is 9.90 Å². The molecule has 1 aliphatic heterocycles. The second kappa shape index (κ2) is 3.97. The van der Waals surface area contributed by atoms with Crippen molar-refractivity contribution >= 4 is 5.97 Å². The molecular weight excluding hydrogens is 180 g/mol. The first kappa shape index (κ1) is 11.0. The van der Waals surface area contributed by atoms with Crippen LogP contribution in [-0.4, -0.2) is 35.1 Å². The summed E-state index contributed by atoms with van der Waals surface area (Å²) in [6, 6.07) is 2.32. The molecule has 1 heterocycles. The van der Waals surface area contributed by atoms with Crippen LogP contribution in [0.5, 0.6) is 0 Å². The Balaban J connectivity index is 2.50. The molecule has 0 saturated carbocycles. The molecular formula is C10H16N2O2. The van der Waals surface area contributed by atoms with Crippen LogP contribution in [0.4, 0.5) is 0 Å². The molecule has 0 aromatic rings. The van der Waals surface area contributed by atoms with Crippen molar-refractivity contribution in [3.05, 3.63) is 0 Å². The van der Waals surface area contributed by atoms with Gasteiger partial charge in [-0.05, 0) is 20.3 Å². The second-order valence-corrected chi connectivity index (χ2v) is 4.34. The molecule has 4 heteroatoms. The minimum absolute atomic E-state index is 0.0303. The Hall–Kier alpha value is -1.08. The largest absolute Gasteiger partial charge is 0.481 e. The molecule has 78 valence electrons. The van der Waals surface area contributed by atoms with Crippen LogP contribution in [0.25, 0.3) is 0 Å². The Morgan fingerprint density at radius 3 is 2.86 bits per heavy atom. The third-order valence-corrected chi connectivity index (χ3v) is 2.87. The van der Waals surface area contributed by atoms with E-state index in [1.165, 1.54) is 0 Å². The number of likely N-dealkylation sites (tertiary alicyclic amines) is 1. The van der Waals surface area contributed by atoms with Crippen LogP contribution in [0.2, 0.25) is 0 Å². The first-order valence-corrected chi connectivity index (χ1v) is 4.84. The van der Waals surface area contributed by atoms with Gasteiger partial charge < -0.3 is 5.11 Å². The van der Waals surface area contributed by atoms with Crippen molar-refractivity contribution in [1.29, 1.82) is 5.26 Å². The fourth-order valence-corrected chi connectivity index (χ4v) is 1.85. The first-order chi connectivity index (χ1) is 6.47. The summed E-state index contributed by atoms with van der Waals surface area (Å²) in [4.78, 5) is 12.6. The fraction of sp³-hybridized carbons (Fsp3) is 0.800. The molecule has 0 aliphatic carbocycles. The van der Waals surface area contributed by atoms with Crippen LogP contribution < -0.4 is 0 Å². The number of carbonyl (C=O) groups is 1. The Kier molecular flexibility index (Phi) is 3.12. The maximum atomic E-state index is 10.5. The average molecular weight is 196 g/mol. The maximum Gasteiger partial charge on any atom is 0.304 e. The lowest BCUT2D eigenvalue weighted by Crippen LogP contribution is -2.34. The van der Waals surface area contributed by atoms with Gasteiger partial charge in [-0.25, -0.2) is 0 Å². The van der Waals surface area contributed by atoms with E-state index in [1.807, 2.05) is 13.8 Å². The lowest BCUT2D eigenvalue weighted by molar-refractivity contribution is -0.138. The Bertz CT molecular complexity index is 272. The van der Waals surface area contributed by atoms with Gasteiger partial charge in [0.25, 0.3) is 0 Å². The van der Waals surface area contributed by atoms with E-state index in [4.69, 9.17) is 10.4 Å². The highest BCUT2D eigenvalue weighted by Crippen LogP contribution is 2.30. The number of rotatable bonds is 3. The predicted octanol–water partition coefficient (Wildman–Crippen LogP) is 1.09. The number of carboxylic acids is 1. The zero-order valence-corrected chi connectivity index (χ0v) is 8.66. The number of nitrogens with zero attached hydrogens (tertiary/aromatic N) is 2. The predicted molar refractivity (Wildman–Crippen MR) is 51.6 cm³/mol. The number of aliphatic carboxylic acids is 1. The van der Waals surface area contributed by atoms with Gasteiger partial charge in [-0.3, -0.25) is 9.69 Å². The van der Waals surface area contributed by atoms with Crippen LogP contribution in [0.1, 0.15) is 26.7 Å². The Morgan fingerprint density at radius 1 is 1.79 bits per heavy atom. The topological polar surface area (TPSA) is 64.3 Å². The molecule has 1 aliphatic rings. The van der Waals surface area contributed by atoms with Crippen molar-refractivity contribution in [1.82, 2.24) is 4.90 Å². The van der Waals surface area contributed by atoms with Gasteiger partial charge in [0.1, 0.15) is 0 Å². The molecule has 1 saturated heterocycles. The van der Waals surface area contributed by atoms with E-state index < -0.39 is 5.97 Å². The summed E-state index contributed by atoms with van der Waals surface area (Å²) >= 11 is 0. The zero-order chi connectivity index (χ0) is 10.8. The monoisotopic (exact) mass is 196 g/mol. The van der Waals surface area contributed by atoms with E-state index in [9.17, 15) is 4.79 Å². The minimum atomic E-state index is -0.775. The van der Waals surface area contributed by atoms with E-state index in [-0.39, 0.29) is 17.9 Å². The lowest BCUT2D eigenvalue weighted by atomic mass is 9.92. The average Bonchev–Trinajstić information content (AvgIpc) is 2.48. The summed E-state index contributed by atoms with van der Waals surface area (Å²) < 4.78 is 0. The molecule has 2 atom stereocenters. The molecule has 1 rings (SSSR count). The van der Waals surface area contributed by atoms with Gasteiger partial charge in [-0.2, -0.15) is 5.26 Å². The van der Waals surface area contributed by atoms with E-state index in [1.54, 1.807) is 0 Å². The smallest absolute Gasteiger partial charge is 0.304 e. The van der Waals surface area contributed by atoms with Gasteiger partial charge in [0.2, 0.25) is 0 Å². The molecule has 1 fully saturated rings. The summed E-state index contributed by atoms with van der Waals surface area (Å²) in [5.41, 5.74) is -0.285. The van der Waals surface area contributed by atoms with E-state index >= 15 is 0 Å². The highest BCUT2D eigenvalue weighted by atomic mass is 16.4. The third kappa shape index (κ3) is 2.46. The minimum Gasteiger partial charge on any atom is -0.481 e. The molecule has 0 bridgehead atoms. The van der Waals surface area contributed by atoms with Gasteiger partial charge in [0.05, 0.1) is 17.9 Å². The van der Waals surface area contributed by atoms with E-state index in [0.717, 1.165) is 13.0 Å². The van der Waals surface area contributed by atoms with Crippen molar-refractivity contribution in [2.24, 2.45) is 5.41 Å². The van der Waals surface area contributed by atoms with Gasteiger partial charge in [-0.15, -0.1) is 0 Å². The zero-order valence-electron chi connectivity index (χ0n) is 8.66. The van der Waals surface area contributed by atoms with Crippen molar-refractivity contribution in [2.45, 2.75) is 32.7 Å². The van der Waals surface area contributed by atoms with E-state index in [0.29, 0.717) is 6.54 Å². The van der Waals surface area contributed by atoms with Gasteiger partial charge in [-0.1, -0.05) is 0 Å². The summed E-state index contributed by atoms with van der Waals surface area (Å²) in [6.07, 6.45) is 0.995. The summed E-state index contributed by atoms with van der Waals surface area (Å²) in [5, 5.41) is 17.6. The lowest BCUT2D eigenvalue weighted by Gasteiger charge is -2.23. The summed E-state index contributed by atoms with van der Waals surface area (Å²) in [6.45, 7) is 5.36. The molecule has 1 N–H and O–H groups in total. The summed E-state index contributed by atoms with van der Waals surface area (Å²) in [7, 11) is 0. The quantitative estimate of drug-likeness (QED) is 0.733. The molecule has 0 aromatic heterocycles. The highest BCUT2D eigenvalue weighted by molar-refractivity contribution is 5.67. The fourth-order valence-electron chi connectivity index (χ4n) is 1.85. The number of nitriles is 1. The van der Waals surface area contributed by atoms with Gasteiger partial charge >= 0.3 is 5.97 Å². The summed E-state index contributed by atoms with van der Waals surface area (Å²) in [5.74, 6) is -0.775. The van der Waals surface area contributed by atoms with Crippen molar-refractivity contribution in [3.8, 4) is 6.07 Å². The highest BCUT2D eigenvalue weighted by Gasteiger charge is 2.36. The standard InChI is InChI=1S/C10H16N2O2/c1-8(5-9(13)14)12-4-3-10(2,6-11)7-12/h8H,3-5,7H2,1-2H3,(H,13,14). The number of carboxylic acid groups (broad SMARTS) is 1. The molecule has 0 spiro atoms. The van der Waals surface area contributed by atoms with Gasteiger partial charge in [0.15, 0.2) is 0 Å². The number of hydrogen-bond acceptors (Lipinski definition) is 3. The van der Waals surface area contributed by atoms with Crippen molar-refractivity contribution in [3.63, 3.8) is 0 Å². The third-order valence-electron chi connectivity index (χ3n) is 2.87. The number of hydrogen-bond donors (Lipinski definition) is 1. The SMILES string of the molecule is CC(CC(=O)O)N1CCC(C)(C#N)C1. The van der Waals surface area contributed by atoms with Crippen LogP contribution >= 0.6 is 0 Å². The van der Waals surface area contributed by atoms with Crippen molar-refractivity contribution in [2.75, 3.05) is 13.1 Å². The van der Waals surface area contributed by atoms with Crippen LogP contribution in [0.15, 0.2) is 0 Å². The van der Waals surface area contributed by atoms with Crippen LogP contribution in [0.3, 0.4) is 0 Å². The molecule has 0 radical (unpaired) electrons. The molecule has 2 unspecified atom stereocenters. The molecule has 14 heavy (non-hydrogen) atoms. The maximum absolute atomic E-state index is 10.5. The molecule has 0 amide bonds. The van der Waals surface area contributed by atoms with Crippen LogP contribution in [0, 0.1) is 16.7 Å². The van der Waals surface area contributed by atoms with Crippen LogP contribution in [-0.2, 0) is 4.79 Å². The Morgan fingerprint density at radius 2 is 2.43 bits per heavy atom. The molecule has 0 aromatic carbocycles. The second-order valence-electron chi connectivity index (χ2n) is 4.34.